The number of hydrogen-bond acceptors (Lipinski definition) is 3. The van der Waals surface area contributed by atoms with Crippen LogP contribution in [0, 0.1) is 0 Å². The van der Waals surface area contributed by atoms with Crippen LogP contribution in [0.25, 0.3) is 0 Å². The third-order valence-electron chi connectivity index (χ3n) is 5.25. The van der Waals surface area contributed by atoms with Crippen molar-refractivity contribution in [2.45, 2.75) is 25.4 Å². The van der Waals surface area contributed by atoms with Gasteiger partial charge in [-0.05, 0) is 54.7 Å². The summed E-state index contributed by atoms with van der Waals surface area (Å²) in [6.45, 7) is 2.18. The Morgan fingerprint density at radius 1 is 0.714 bits per heavy atom. The monoisotopic (exact) mass is 371 g/mol. The van der Waals surface area contributed by atoms with Gasteiger partial charge < -0.3 is 9.64 Å². The molecule has 1 fully saturated rings. The quantitative estimate of drug-likeness (QED) is 0.545. The van der Waals surface area contributed by atoms with Gasteiger partial charge in [0.25, 0.3) is 0 Å². The molecule has 0 aromatic heterocycles. The number of nitrogens with zero attached hydrogens (tertiary/aromatic N) is 1. The molecule has 3 aromatic carbocycles. The average molecular weight is 371 g/mol. The molecule has 142 valence electrons. The van der Waals surface area contributed by atoms with Gasteiger partial charge in [-0.1, -0.05) is 60.7 Å². The maximum absolute atomic E-state index is 12.9. The highest BCUT2D eigenvalue weighted by molar-refractivity contribution is 5.90. The lowest BCUT2D eigenvalue weighted by Gasteiger charge is -2.28. The highest BCUT2D eigenvalue weighted by Gasteiger charge is 2.20. The number of carbonyl (C=O) groups is 1. The Kier molecular flexibility index (Phi) is 5.72. The van der Waals surface area contributed by atoms with Crippen LogP contribution in [0.5, 0.6) is 0 Å². The minimum atomic E-state index is -0.420. The maximum Gasteiger partial charge on any atom is 0.339 e. The topological polar surface area (TPSA) is 29.5 Å². The van der Waals surface area contributed by atoms with Gasteiger partial charge >= 0.3 is 5.97 Å². The van der Waals surface area contributed by atoms with Crippen LogP contribution in [0.15, 0.2) is 84.9 Å². The number of benzene rings is 3. The Labute approximate surface area is 166 Å². The number of piperidine rings is 1. The van der Waals surface area contributed by atoms with E-state index < -0.39 is 6.10 Å². The Bertz CT molecular complexity index is 845. The van der Waals surface area contributed by atoms with Gasteiger partial charge in [-0.15, -0.1) is 0 Å². The van der Waals surface area contributed by atoms with E-state index in [1.54, 1.807) is 0 Å². The minimum absolute atomic E-state index is 0.303. The van der Waals surface area contributed by atoms with Gasteiger partial charge in [-0.25, -0.2) is 4.79 Å². The molecular weight excluding hydrogens is 346 g/mol. The first-order chi connectivity index (χ1) is 13.8. The molecular formula is C25H25NO2. The van der Waals surface area contributed by atoms with Gasteiger partial charge in [0.05, 0.1) is 5.56 Å². The summed E-state index contributed by atoms with van der Waals surface area (Å²) in [6, 6.07) is 27.6. The van der Waals surface area contributed by atoms with Gasteiger partial charge in [0.2, 0.25) is 0 Å². The lowest BCUT2D eigenvalue weighted by atomic mass is 10.0. The number of carbonyl (C=O) groups excluding carboxylic acids is 1. The summed E-state index contributed by atoms with van der Waals surface area (Å²) in [4.78, 5) is 15.2. The zero-order valence-corrected chi connectivity index (χ0v) is 16.0. The highest BCUT2D eigenvalue weighted by atomic mass is 16.5. The fourth-order valence-electron chi connectivity index (χ4n) is 3.72. The molecule has 3 nitrogen and oxygen atoms in total. The molecule has 0 N–H and O–H groups in total. The van der Waals surface area contributed by atoms with Gasteiger partial charge in [-0.3, -0.25) is 0 Å². The van der Waals surface area contributed by atoms with E-state index in [1.807, 2.05) is 84.9 Å². The zero-order chi connectivity index (χ0) is 19.2. The molecule has 0 bridgehead atoms. The van der Waals surface area contributed by atoms with Crippen molar-refractivity contribution >= 4 is 11.7 Å². The number of esters is 1. The van der Waals surface area contributed by atoms with Crippen molar-refractivity contribution < 1.29 is 9.53 Å². The third kappa shape index (κ3) is 4.25. The summed E-state index contributed by atoms with van der Waals surface area (Å²) in [5.41, 5.74) is 3.69. The van der Waals surface area contributed by atoms with Crippen LogP contribution in [0.4, 0.5) is 5.69 Å². The zero-order valence-electron chi connectivity index (χ0n) is 16.0. The van der Waals surface area contributed by atoms with Crippen molar-refractivity contribution in [2.24, 2.45) is 0 Å². The molecule has 0 aliphatic carbocycles. The molecule has 1 saturated heterocycles. The van der Waals surface area contributed by atoms with E-state index in [0.717, 1.165) is 24.2 Å². The van der Waals surface area contributed by atoms with Crippen LogP contribution >= 0.6 is 0 Å². The summed E-state index contributed by atoms with van der Waals surface area (Å²) in [7, 11) is 0. The lowest BCUT2D eigenvalue weighted by Crippen LogP contribution is -2.29. The summed E-state index contributed by atoms with van der Waals surface area (Å²) in [5.74, 6) is -0.303. The molecule has 0 saturated carbocycles. The number of ether oxygens (including phenoxy) is 1. The van der Waals surface area contributed by atoms with Gasteiger partial charge in [-0.2, -0.15) is 0 Å². The lowest BCUT2D eigenvalue weighted by molar-refractivity contribution is 0.0378. The van der Waals surface area contributed by atoms with Crippen LogP contribution in [0.1, 0.15) is 46.9 Å². The summed E-state index contributed by atoms with van der Waals surface area (Å²) >= 11 is 0. The normalized spacial score (nSPS) is 14.1. The predicted molar refractivity (Wildman–Crippen MR) is 113 cm³/mol. The van der Waals surface area contributed by atoms with Crippen molar-refractivity contribution in [1.82, 2.24) is 0 Å². The van der Waals surface area contributed by atoms with Gasteiger partial charge in [0.1, 0.15) is 0 Å². The van der Waals surface area contributed by atoms with Crippen molar-refractivity contribution in [3.05, 3.63) is 102 Å². The largest absolute Gasteiger partial charge is 0.449 e. The van der Waals surface area contributed by atoms with Crippen LogP contribution in [0.3, 0.4) is 0 Å². The second-order valence-corrected chi connectivity index (χ2v) is 7.20. The van der Waals surface area contributed by atoms with E-state index in [2.05, 4.69) is 4.90 Å². The molecule has 1 aliphatic heterocycles. The van der Waals surface area contributed by atoms with Gasteiger partial charge in [0.15, 0.2) is 6.10 Å². The Morgan fingerprint density at radius 2 is 1.25 bits per heavy atom. The smallest absolute Gasteiger partial charge is 0.339 e. The molecule has 1 heterocycles. The second-order valence-electron chi connectivity index (χ2n) is 7.20. The van der Waals surface area contributed by atoms with E-state index in [-0.39, 0.29) is 5.97 Å². The third-order valence-corrected chi connectivity index (χ3v) is 5.25. The fourth-order valence-corrected chi connectivity index (χ4v) is 3.72. The molecule has 3 heteroatoms. The Morgan fingerprint density at radius 3 is 1.79 bits per heavy atom. The SMILES string of the molecule is O=C(OC(c1ccccc1)c1ccccc1)c1ccc(N2CCCCC2)cc1. The Balaban J connectivity index is 1.53. The number of anilines is 1. The molecule has 3 aromatic rings. The summed E-state index contributed by atoms with van der Waals surface area (Å²) < 4.78 is 5.94. The van der Waals surface area contributed by atoms with E-state index in [4.69, 9.17) is 4.74 Å². The standard InChI is InChI=1S/C25H25NO2/c27-25(22-14-16-23(17-15-22)26-18-8-3-9-19-26)28-24(20-10-4-1-5-11-20)21-12-6-2-7-13-21/h1-2,4-7,10-17,24H,3,8-9,18-19H2. The predicted octanol–water partition coefficient (Wildman–Crippen LogP) is 5.62. The van der Waals surface area contributed by atoms with Crippen LogP contribution in [-0.2, 0) is 4.74 Å². The fraction of sp³-hybridized carbons (Fsp3) is 0.240. The van der Waals surface area contributed by atoms with E-state index in [0.29, 0.717) is 5.56 Å². The first-order valence-corrected chi connectivity index (χ1v) is 9.97. The molecule has 28 heavy (non-hydrogen) atoms. The van der Waals surface area contributed by atoms with Gasteiger partial charge in [0, 0.05) is 18.8 Å². The van der Waals surface area contributed by atoms with E-state index >= 15 is 0 Å². The molecule has 0 atom stereocenters. The highest BCUT2D eigenvalue weighted by Crippen LogP contribution is 2.27. The van der Waals surface area contributed by atoms with Crippen molar-refractivity contribution in [1.29, 1.82) is 0 Å². The van der Waals surface area contributed by atoms with Crippen molar-refractivity contribution in [3.8, 4) is 0 Å². The molecule has 0 spiro atoms. The summed E-state index contributed by atoms with van der Waals surface area (Å²) in [5, 5.41) is 0. The van der Waals surface area contributed by atoms with Crippen molar-refractivity contribution in [3.63, 3.8) is 0 Å². The second kappa shape index (κ2) is 8.75. The van der Waals surface area contributed by atoms with E-state index in [1.165, 1.54) is 24.9 Å². The van der Waals surface area contributed by atoms with Crippen LogP contribution in [-0.4, -0.2) is 19.1 Å². The minimum Gasteiger partial charge on any atom is -0.449 e. The first-order valence-electron chi connectivity index (χ1n) is 9.97. The average Bonchev–Trinajstić information content (AvgIpc) is 2.79. The first kappa shape index (κ1) is 18.3. The van der Waals surface area contributed by atoms with Crippen LogP contribution in [0.2, 0.25) is 0 Å². The molecule has 4 rings (SSSR count). The Hall–Kier alpha value is -3.07. The number of rotatable bonds is 5. The summed E-state index contributed by atoms with van der Waals surface area (Å²) in [6.07, 6.45) is 3.36. The maximum atomic E-state index is 12.9. The molecule has 0 amide bonds. The number of hydrogen-bond donors (Lipinski definition) is 0. The molecule has 0 unspecified atom stereocenters. The molecule has 1 aliphatic rings. The van der Waals surface area contributed by atoms with E-state index in [9.17, 15) is 4.79 Å². The van der Waals surface area contributed by atoms with Crippen molar-refractivity contribution in [2.75, 3.05) is 18.0 Å². The van der Waals surface area contributed by atoms with Crippen LogP contribution < -0.4 is 4.90 Å². The molecule has 0 radical (unpaired) electrons.